The molecule has 0 saturated carbocycles. The number of thiol groups is 1. The third-order valence-electron chi connectivity index (χ3n) is 1.58. The van der Waals surface area contributed by atoms with Crippen LogP contribution < -0.4 is 5.32 Å². The van der Waals surface area contributed by atoms with Crippen molar-refractivity contribution in [3.8, 4) is 0 Å². The Hall–Kier alpha value is -0.710. The second-order valence-electron chi connectivity index (χ2n) is 3.45. The Kier molecular flexibility index (Phi) is 6.36. The molecule has 0 aliphatic heterocycles. The summed E-state index contributed by atoms with van der Waals surface area (Å²) in [5.41, 5.74) is 0. The maximum atomic E-state index is 11.3. The molecule has 0 aliphatic carbocycles. The maximum Gasteiger partial charge on any atom is 0.239 e. The lowest BCUT2D eigenvalue weighted by Crippen LogP contribution is -2.40. The lowest BCUT2D eigenvalue weighted by atomic mass is 10.3. The molecule has 0 rings (SSSR count). The van der Waals surface area contributed by atoms with E-state index in [1.807, 2.05) is 13.8 Å². The molecule has 82 valence electrons. The molecule has 14 heavy (non-hydrogen) atoms. The van der Waals surface area contributed by atoms with Crippen molar-refractivity contribution in [1.82, 2.24) is 10.2 Å². The Morgan fingerprint density at radius 1 is 1.43 bits per heavy atom. The average Bonchev–Trinajstić information content (AvgIpc) is 2.02. The number of likely N-dealkylation sites (N-methyl/N-ethyl adjacent to an activating group) is 1. The first-order valence-corrected chi connectivity index (χ1v) is 5.24. The molecule has 2 amide bonds. The zero-order valence-electron chi connectivity index (χ0n) is 8.91. The van der Waals surface area contributed by atoms with Gasteiger partial charge in [-0.15, -0.1) is 0 Å². The summed E-state index contributed by atoms with van der Waals surface area (Å²) in [7, 11) is 1.62. The number of hydrogen-bond donors (Lipinski definition) is 2. The van der Waals surface area contributed by atoms with E-state index in [1.54, 1.807) is 7.05 Å². The molecule has 0 fully saturated rings. The van der Waals surface area contributed by atoms with E-state index >= 15 is 0 Å². The highest BCUT2D eigenvalue weighted by molar-refractivity contribution is 7.80. The minimum absolute atomic E-state index is 0.0566. The highest BCUT2D eigenvalue weighted by atomic mass is 32.1. The van der Waals surface area contributed by atoms with Gasteiger partial charge in [0, 0.05) is 19.5 Å². The van der Waals surface area contributed by atoms with Gasteiger partial charge in [0.15, 0.2) is 0 Å². The largest absolute Gasteiger partial charge is 0.352 e. The monoisotopic (exact) mass is 218 g/mol. The molecule has 0 aliphatic rings. The first kappa shape index (κ1) is 13.3. The number of amides is 2. The van der Waals surface area contributed by atoms with Crippen LogP contribution in [0, 0.1) is 0 Å². The van der Waals surface area contributed by atoms with E-state index in [0.717, 1.165) is 0 Å². The lowest BCUT2D eigenvalue weighted by Gasteiger charge is -2.17. The van der Waals surface area contributed by atoms with Crippen molar-refractivity contribution in [1.29, 1.82) is 0 Å². The number of nitrogens with zero attached hydrogens (tertiary/aromatic N) is 1. The van der Waals surface area contributed by atoms with Crippen LogP contribution in [0.4, 0.5) is 0 Å². The van der Waals surface area contributed by atoms with Gasteiger partial charge in [-0.2, -0.15) is 12.6 Å². The minimum atomic E-state index is -0.130. The van der Waals surface area contributed by atoms with E-state index in [-0.39, 0.29) is 24.4 Å². The molecule has 0 spiro atoms. The summed E-state index contributed by atoms with van der Waals surface area (Å²) in [6.07, 6.45) is 0.370. The van der Waals surface area contributed by atoms with Crippen LogP contribution in [0.2, 0.25) is 0 Å². The Labute approximate surface area is 90.4 Å². The van der Waals surface area contributed by atoms with Crippen LogP contribution in [0.25, 0.3) is 0 Å². The van der Waals surface area contributed by atoms with Gasteiger partial charge in [0.1, 0.15) is 0 Å². The average molecular weight is 218 g/mol. The highest BCUT2D eigenvalue weighted by Gasteiger charge is 2.12. The molecule has 0 aromatic rings. The third-order valence-corrected chi connectivity index (χ3v) is 1.81. The van der Waals surface area contributed by atoms with E-state index in [4.69, 9.17) is 0 Å². The van der Waals surface area contributed by atoms with Gasteiger partial charge >= 0.3 is 0 Å². The Balaban J connectivity index is 3.87. The van der Waals surface area contributed by atoms with Gasteiger partial charge in [-0.05, 0) is 19.6 Å². The number of nitrogens with one attached hydrogen (secondary N) is 1. The van der Waals surface area contributed by atoms with Gasteiger partial charge in [0.05, 0.1) is 6.54 Å². The standard InChI is InChI=1S/C9H18N2O2S/c1-7(2)10-8(12)6-11(3)9(13)4-5-14/h7,14H,4-6H2,1-3H3,(H,10,12). The van der Waals surface area contributed by atoms with Crippen LogP contribution in [-0.2, 0) is 9.59 Å². The van der Waals surface area contributed by atoms with Gasteiger partial charge < -0.3 is 10.2 Å². The summed E-state index contributed by atoms with van der Waals surface area (Å²) in [6, 6.07) is 0.107. The van der Waals surface area contributed by atoms with Crippen molar-refractivity contribution in [3.63, 3.8) is 0 Å². The van der Waals surface area contributed by atoms with Gasteiger partial charge in [0.2, 0.25) is 11.8 Å². The molecular weight excluding hydrogens is 200 g/mol. The molecule has 0 radical (unpaired) electrons. The fraction of sp³-hybridized carbons (Fsp3) is 0.778. The summed E-state index contributed by atoms with van der Waals surface area (Å²) in [5.74, 6) is 0.323. The number of hydrogen-bond acceptors (Lipinski definition) is 3. The Bertz CT molecular complexity index is 207. The summed E-state index contributed by atoms with van der Waals surface area (Å²) < 4.78 is 0. The first-order valence-electron chi connectivity index (χ1n) is 4.61. The summed E-state index contributed by atoms with van der Waals surface area (Å²) in [5, 5.41) is 2.72. The Morgan fingerprint density at radius 2 is 2.00 bits per heavy atom. The second kappa shape index (κ2) is 6.70. The van der Waals surface area contributed by atoms with Gasteiger partial charge in [0.25, 0.3) is 0 Å². The molecule has 0 saturated heterocycles. The van der Waals surface area contributed by atoms with Crippen LogP contribution in [0.5, 0.6) is 0 Å². The molecule has 0 unspecified atom stereocenters. The quantitative estimate of drug-likeness (QED) is 0.652. The van der Waals surface area contributed by atoms with Crippen LogP contribution in [0.15, 0.2) is 0 Å². The molecule has 0 heterocycles. The summed E-state index contributed by atoms with van der Waals surface area (Å²) in [6.45, 7) is 3.88. The van der Waals surface area contributed by atoms with Gasteiger partial charge in [-0.3, -0.25) is 9.59 Å². The zero-order chi connectivity index (χ0) is 11.1. The number of carbonyl (C=O) groups is 2. The van der Waals surface area contributed by atoms with Crippen molar-refractivity contribution in [2.75, 3.05) is 19.3 Å². The van der Waals surface area contributed by atoms with Crippen LogP contribution in [0.3, 0.4) is 0 Å². The Morgan fingerprint density at radius 3 is 2.43 bits per heavy atom. The second-order valence-corrected chi connectivity index (χ2v) is 3.89. The van der Waals surface area contributed by atoms with Gasteiger partial charge in [-0.25, -0.2) is 0 Å². The molecule has 1 N–H and O–H groups in total. The highest BCUT2D eigenvalue weighted by Crippen LogP contribution is 1.92. The summed E-state index contributed by atoms with van der Waals surface area (Å²) >= 11 is 3.95. The SMILES string of the molecule is CC(C)NC(=O)CN(C)C(=O)CCS. The molecule has 0 atom stereocenters. The lowest BCUT2D eigenvalue weighted by molar-refractivity contribution is -0.134. The predicted octanol–water partition coefficient (Wildman–Crippen LogP) is 0.289. The number of carbonyl (C=O) groups excluding carboxylic acids is 2. The third kappa shape index (κ3) is 5.85. The van der Waals surface area contributed by atoms with E-state index in [0.29, 0.717) is 12.2 Å². The molecular formula is C9H18N2O2S. The predicted molar refractivity (Wildman–Crippen MR) is 59.4 cm³/mol. The van der Waals surface area contributed by atoms with Gasteiger partial charge in [-0.1, -0.05) is 0 Å². The van der Waals surface area contributed by atoms with Crippen molar-refractivity contribution in [3.05, 3.63) is 0 Å². The molecule has 0 aromatic carbocycles. The van der Waals surface area contributed by atoms with E-state index in [1.165, 1.54) is 4.90 Å². The molecule has 5 heteroatoms. The normalized spacial score (nSPS) is 10.1. The fourth-order valence-corrected chi connectivity index (χ4v) is 1.15. The summed E-state index contributed by atoms with van der Waals surface area (Å²) in [4.78, 5) is 23.9. The number of rotatable bonds is 5. The molecule has 4 nitrogen and oxygen atoms in total. The van der Waals surface area contributed by atoms with Crippen LogP contribution in [-0.4, -0.2) is 42.1 Å². The van der Waals surface area contributed by atoms with E-state index in [9.17, 15) is 9.59 Å². The molecule has 0 bridgehead atoms. The molecule has 0 aromatic heterocycles. The van der Waals surface area contributed by atoms with Crippen LogP contribution >= 0.6 is 12.6 Å². The van der Waals surface area contributed by atoms with Crippen molar-refractivity contribution in [2.45, 2.75) is 26.3 Å². The van der Waals surface area contributed by atoms with E-state index < -0.39 is 0 Å². The van der Waals surface area contributed by atoms with Crippen molar-refractivity contribution >= 4 is 24.4 Å². The van der Waals surface area contributed by atoms with E-state index in [2.05, 4.69) is 17.9 Å². The van der Waals surface area contributed by atoms with Crippen LogP contribution in [0.1, 0.15) is 20.3 Å². The van der Waals surface area contributed by atoms with Crippen molar-refractivity contribution < 1.29 is 9.59 Å². The first-order chi connectivity index (χ1) is 6.47. The zero-order valence-corrected chi connectivity index (χ0v) is 9.80. The minimum Gasteiger partial charge on any atom is -0.352 e. The smallest absolute Gasteiger partial charge is 0.239 e. The maximum absolute atomic E-state index is 11.3. The topological polar surface area (TPSA) is 49.4 Å². The fourth-order valence-electron chi connectivity index (χ4n) is 0.958. The van der Waals surface area contributed by atoms with Crippen molar-refractivity contribution in [2.24, 2.45) is 0 Å².